The molecule has 0 amide bonds. The molecule has 1 aromatic rings. The topological polar surface area (TPSA) is 15.3 Å². The van der Waals surface area contributed by atoms with Gasteiger partial charge in [-0.2, -0.15) is 0 Å². The lowest BCUT2D eigenvalue weighted by Gasteiger charge is -2.41. The fraction of sp³-hybridized carbons (Fsp3) is 0.647. The third-order valence-corrected chi connectivity index (χ3v) is 4.89. The molecule has 1 heterocycles. The number of nitrogens with one attached hydrogen (secondary N) is 1. The van der Waals surface area contributed by atoms with Crippen LogP contribution in [0.1, 0.15) is 37.8 Å². The Hall–Kier alpha value is -1.02. The van der Waals surface area contributed by atoms with Gasteiger partial charge in [-0.15, -0.1) is 0 Å². The molecule has 0 aromatic heterocycles. The van der Waals surface area contributed by atoms with Gasteiger partial charge in [0, 0.05) is 36.3 Å². The molecule has 2 fully saturated rings. The quantitative estimate of drug-likeness (QED) is 0.831. The van der Waals surface area contributed by atoms with E-state index in [9.17, 15) is 0 Å². The van der Waals surface area contributed by atoms with Crippen molar-refractivity contribution in [2.45, 2.75) is 46.1 Å². The lowest BCUT2D eigenvalue weighted by molar-refractivity contribution is 0.455. The lowest BCUT2D eigenvalue weighted by Crippen LogP contribution is -2.49. The van der Waals surface area contributed by atoms with E-state index in [-0.39, 0.29) is 5.54 Å². The first kappa shape index (κ1) is 13.0. The average molecular weight is 258 g/mol. The third kappa shape index (κ3) is 2.38. The van der Waals surface area contributed by atoms with Crippen molar-refractivity contribution in [3.63, 3.8) is 0 Å². The molecule has 0 radical (unpaired) electrons. The summed E-state index contributed by atoms with van der Waals surface area (Å²) in [5.74, 6) is 0. The molecule has 2 nitrogen and oxygen atoms in total. The van der Waals surface area contributed by atoms with Crippen molar-refractivity contribution in [3.8, 4) is 0 Å². The highest BCUT2D eigenvalue weighted by atomic mass is 15.2. The van der Waals surface area contributed by atoms with E-state index in [1.807, 2.05) is 0 Å². The van der Waals surface area contributed by atoms with E-state index in [0.717, 1.165) is 6.54 Å². The Labute approximate surface area is 117 Å². The summed E-state index contributed by atoms with van der Waals surface area (Å²) in [6.07, 6.45) is 2.77. The van der Waals surface area contributed by atoms with Crippen molar-refractivity contribution in [2.75, 3.05) is 24.5 Å². The van der Waals surface area contributed by atoms with Crippen LogP contribution in [0.3, 0.4) is 0 Å². The van der Waals surface area contributed by atoms with Gasteiger partial charge in [0.25, 0.3) is 0 Å². The highest BCUT2D eigenvalue weighted by Gasteiger charge is 2.48. The van der Waals surface area contributed by atoms with E-state index in [0.29, 0.717) is 5.41 Å². The molecule has 1 aliphatic heterocycles. The maximum atomic E-state index is 3.68. The van der Waals surface area contributed by atoms with Crippen LogP contribution < -0.4 is 10.2 Å². The standard InChI is InChI=1S/C17H26N2/c1-13-5-6-14(2)15(9-13)19-12-17(7-8-17)11-18-10-16(19,3)4/h5-6,9,18H,7-8,10-12H2,1-4H3. The third-order valence-electron chi connectivity index (χ3n) is 4.89. The predicted molar refractivity (Wildman–Crippen MR) is 81.9 cm³/mol. The van der Waals surface area contributed by atoms with E-state index in [1.54, 1.807) is 0 Å². The van der Waals surface area contributed by atoms with Gasteiger partial charge in [0.05, 0.1) is 0 Å². The summed E-state index contributed by atoms with van der Waals surface area (Å²) in [6.45, 7) is 12.6. The summed E-state index contributed by atoms with van der Waals surface area (Å²) in [7, 11) is 0. The number of hydrogen-bond acceptors (Lipinski definition) is 2. The molecule has 2 aliphatic rings. The van der Waals surface area contributed by atoms with E-state index in [1.165, 1.54) is 42.7 Å². The smallest absolute Gasteiger partial charge is 0.0470 e. The first-order chi connectivity index (χ1) is 8.92. The zero-order chi connectivity index (χ0) is 13.7. The van der Waals surface area contributed by atoms with Crippen molar-refractivity contribution in [2.24, 2.45) is 5.41 Å². The maximum Gasteiger partial charge on any atom is 0.0470 e. The molecule has 0 bridgehead atoms. The van der Waals surface area contributed by atoms with Gasteiger partial charge >= 0.3 is 0 Å². The van der Waals surface area contributed by atoms with Gasteiger partial charge in [0.2, 0.25) is 0 Å². The summed E-state index contributed by atoms with van der Waals surface area (Å²) in [4.78, 5) is 2.66. The molecule has 0 unspecified atom stereocenters. The normalized spacial score (nSPS) is 24.3. The molecular formula is C17H26N2. The van der Waals surface area contributed by atoms with Crippen LogP contribution in [0.2, 0.25) is 0 Å². The van der Waals surface area contributed by atoms with Crippen molar-refractivity contribution in [1.82, 2.24) is 5.32 Å². The summed E-state index contributed by atoms with van der Waals surface area (Å²) in [5.41, 5.74) is 4.92. The summed E-state index contributed by atoms with van der Waals surface area (Å²) < 4.78 is 0. The SMILES string of the molecule is Cc1ccc(C)c(N2CC3(CC3)CNCC2(C)C)c1. The monoisotopic (exact) mass is 258 g/mol. The zero-order valence-corrected chi connectivity index (χ0v) is 12.7. The molecule has 1 N–H and O–H groups in total. The highest BCUT2D eigenvalue weighted by Crippen LogP contribution is 2.48. The van der Waals surface area contributed by atoms with Crippen molar-refractivity contribution in [1.29, 1.82) is 0 Å². The minimum atomic E-state index is 0.185. The molecule has 19 heavy (non-hydrogen) atoms. The predicted octanol–water partition coefficient (Wildman–Crippen LogP) is 3.27. The number of nitrogens with zero attached hydrogens (tertiary/aromatic N) is 1. The molecule has 0 atom stereocenters. The fourth-order valence-corrected chi connectivity index (χ4v) is 3.27. The largest absolute Gasteiger partial charge is 0.364 e. The zero-order valence-electron chi connectivity index (χ0n) is 12.7. The number of benzene rings is 1. The van der Waals surface area contributed by atoms with Crippen LogP contribution in [0.4, 0.5) is 5.69 Å². The Balaban J connectivity index is 2.01. The first-order valence-electron chi connectivity index (χ1n) is 7.48. The highest BCUT2D eigenvalue weighted by molar-refractivity contribution is 5.57. The molecule has 1 aromatic carbocycles. The van der Waals surface area contributed by atoms with E-state index >= 15 is 0 Å². The lowest BCUT2D eigenvalue weighted by atomic mass is 9.98. The number of rotatable bonds is 1. The molecule has 1 saturated heterocycles. The second-order valence-corrected chi connectivity index (χ2v) is 7.29. The van der Waals surface area contributed by atoms with E-state index in [4.69, 9.17) is 0 Å². The molecule has 3 rings (SSSR count). The van der Waals surface area contributed by atoms with Gasteiger partial charge in [-0.25, -0.2) is 0 Å². The van der Waals surface area contributed by atoms with Crippen LogP contribution in [0.25, 0.3) is 0 Å². The van der Waals surface area contributed by atoms with Crippen molar-refractivity contribution in [3.05, 3.63) is 29.3 Å². The molecule has 1 saturated carbocycles. The Morgan fingerprint density at radius 3 is 2.53 bits per heavy atom. The first-order valence-corrected chi connectivity index (χ1v) is 7.48. The van der Waals surface area contributed by atoms with Crippen LogP contribution in [0.15, 0.2) is 18.2 Å². The summed E-state index contributed by atoms with van der Waals surface area (Å²) in [5, 5.41) is 3.68. The van der Waals surface area contributed by atoms with Crippen LogP contribution in [-0.4, -0.2) is 25.2 Å². The van der Waals surface area contributed by atoms with Gasteiger partial charge in [0.15, 0.2) is 0 Å². The van der Waals surface area contributed by atoms with Gasteiger partial charge in [0.1, 0.15) is 0 Å². The molecule has 2 heteroatoms. The fourth-order valence-electron chi connectivity index (χ4n) is 3.27. The van der Waals surface area contributed by atoms with Crippen LogP contribution >= 0.6 is 0 Å². The molecular weight excluding hydrogens is 232 g/mol. The van der Waals surface area contributed by atoms with E-state index < -0.39 is 0 Å². The maximum absolute atomic E-state index is 3.68. The van der Waals surface area contributed by atoms with Crippen molar-refractivity contribution < 1.29 is 0 Å². The second-order valence-electron chi connectivity index (χ2n) is 7.29. The molecule has 1 spiro atoms. The Bertz CT molecular complexity index is 486. The van der Waals surface area contributed by atoms with Crippen LogP contribution in [0, 0.1) is 19.3 Å². The molecule has 104 valence electrons. The Morgan fingerprint density at radius 2 is 1.84 bits per heavy atom. The second kappa shape index (κ2) is 4.24. The Morgan fingerprint density at radius 1 is 1.11 bits per heavy atom. The number of anilines is 1. The minimum absolute atomic E-state index is 0.185. The molecule has 1 aliphatic carbocycles. The van der Waals surface area contributed by atoms with Gasteiger partial charge in [-0.1, -0.05) is 12.1 Å². The van der Waals surface area contributed by atoms with E-state index in [2.05, 4.69) is 56.1 Å². The van der Waals surface area contributed by atoms with Gasteiger partial charge in [-0.3, -0.25) is 0 Å². The summed E-state index contributed by atoms with van der Waals surface area (Å²) >= 11 is 0. The van der Waals surface area contributed by atoms with Gasteiger partial charge in [-0.05, 0) is 57.7 Å². The van der Waals surface area contributed by atoms with Crippen LogP contribution in [0.5, 0.6) is 0 Å². The Kier molecular flexibility index (Phi) is 2.90. The number of hydrogen-bond donors (Lipinski definition) is 1. The average Bonchev–Trinajstić information content (AvgIpc) is 3.11. The van der Waals surface area contributed by atoms with Gasteiger partial charge < -0.3 is 10.2 Å². The van der Waals surface area contributed by atoms with Crippen molar-refractivity contribution >= 4 is 5.69 Å². The van der Waals surface area contributed by atoms with Crippen LogP contribution in [-0.2, 0) is 0 Å². The minimum Gasteiger partial charge on any atom is -0.364 e. The number of aryl methyl sites for hydroxylation is 2. The summed E-state index contributed by atoms with van der Waals surface area (Å²) in [6, 6.07) is 6.84.